The van der Waals surface area contributed by atoms with Crippen molar-refractivity contribution < 1.29 is 45.9 Å². The molecule has 10 rings (SSSR count). The van der Waals surface area contributed by atoms with Crippen molar-refractivity contribution in [3.8, 4) is 45.4 Å². The average molecular weight is 984 g/mol. The number of aliphatic hydroxyl groups excluding tert-OH is 1. The first kappa shape index (κ1) is 47.0. The molecule has 1 N–H and O–H groups in total. The summed E-state index contributed by atoms with van der Waals surface area (Å²) in [6.07, 6.45) is 11.5. The number of fused-ring (bicyclic) bond motifs is 2. The van der Waals surface area contributed by atoms with Crippen LogP contribution in [0.2, 0.25) is 0 Å². The lowest BCUT2D eigenvalue weighted by atomic mass is 9.92. The number of aryl methyl sites for hydroxylation is 2. The van der Waals surface area contributed by atoms with Crippen LogP contribution in [0.25, 0.3) is 33.9 Å². The van der Waals surface area contributed by atoms with E-state index in [2.05, 4.69) is 36.2 Å². The first-order valence-electron chi connectivity index (χ1n) is 21.5. The maximum absolute atomic E-state index is 13.5. The Bertz CT molecular complexity index is 2940. The van der Waals surface area contributed by atoms with Crippen LogP contribution >= 0.6 is 15.9 Å². The van der Waals surface area contributed by atoms with E-state index >= 15 is 0 Å². The molecule has 8 aromatic rings. The van der Waals surface area contributed by atoms with E-state index in [4.69, 9.17) is 23.3 Å². The summed E-state index contributed by atoms with van der Waals surface area (Å²) in [5.41, 5.74) is 10.0. The van der Waals surface area contributed by atoms with Gasteiger partial charge in [0.15, 0.2) is 11.5 Å². The molecule has 4 aromatic heterocycles. The minimum Gasteiger partial charge on any atom is -0.495 e. The third-order valence-electron chi connectivity index (χ3n) is 11.4. The Hall–Kier alpha value is -6.56. The Morgan fingerprint density at radius 1 is 0.657 bits per heavy atom. The van der Waals surface area contributed by atoms with Crippen molar-refractivity contribution in [3.63, 3.8) is 0 Å². The van der Waals surface area contributed by atoms with E-state index in [0.29, 0.717) is 33.7 Å². The van der Waals surface area contributed by atoms with Crippen molar-refractivity contribution in [2.75, 3.05) is 14.2 Å². The number of aromatic nitrogens is 6. The SMILES string of the molecule is COc1cc(-c2noc3c2CCCC3O)ccc1-n1cnc(C)c1.COc1cc(-c2noc3c2CCCC3OCc2cc(F)cc(F)c2)ccc1-n1cnc(C)c1.Fc1cc(F)cc(CBr)c1. The molecule has 67 heavy (non-hydrogen) atoms. The summed E-state index contributed by atoms with van der Waals surface area (Å²) in [5.74, 6) is 0.387. The van der Waals surface area contributed by atoms with Crippen molar-refractivity contribution in [3.05, 3.63) is 166 Å². The van der Waals surface area contributed by atoms with Gasteiger partial charge in [-0.3, -0.25) is 0 Å². The molecule has 2 aliphatic rings. The number of methoxy groups -OCH3 is 2. The number of hydrogen-bond acceptors (Lipinski definition) is 10. The molecule has 0 aliphatic heterocycles. The fraction of sp³-hybridized carbons (Fsp3) is 0.280. The molecule has 0 fully saturated rings. The van der Waals surface area contributed by atoms with Gasteiger partial charge in [0, 0.05) is 52.1 Å². The van der Waals surface area contributed by atoms with Crippen LogP contribution < -0.4 is 9.47 Å². The maximum atomic E-state index is 13.5. The predicted molar refractivity (Wildman–Crippen MR) is 244 cm³/mol. The molecule has 17 heteroatoms. The molecule has 2 unspecified atom stereocenters. The van der Waals surface area contributed by atoms with Gasteiger partial charge in [-0.25, -0.2) is 27.5 Å². The molecule has 0 amide bonds. The van der Waals surface area contributed by atoms with Crippen LogP contribution in [-0.2, 0) is 29.5 Å². The summed E-state index contributed by atoms with van der Waals surface area (Å²) in [5, 5.41) is 19.0. The summed E-state index contributed by atoms with van der Waals surface area (Å²) >= 11 is 3.09. The minimum atomic E-state index is -0.622. The topological polar surface area (TPSA) is 136 Å². The lowest BCUT2D eigenvalue weighted by Crippen LogP contribution is -2.12. The van der Waals surface area contributed by atoms with E-state index in [1.54, 1.807) is 26.9 Å². The van der Waals surface area contributed by atoms with E-state index < -0.39 is 29.4 Å². The summed E-state index contributed by atoms with van der Waals surface area (Å²) in [6.45, 7) is 3.97. The predicted octanol–water partition coefficient (Wildman–Crippen LogP) is 11.8. The van der Waals surface area contributed by atoms with Gasteiger partial charge >= 0.3 is 0 Å². The van der Waals surface area contributed by atoms with Gasteiger partial charge in [0.25, 0.3) is 0 Å². The van der Waals surface area contributed by atoms with Crippen molar-refractivity contribution in [2.45, 2.75) is 76.5 Å². The first-order chi connectivity index (χ1) is 32.4. The second-order valence-electron chi connectivity index (χ2n) is 16.2. The normalized spacial score (nSPS) is 15.1. The molecule has 2 atom stereocenters. The molecular formula is C50H47BrF4N6O6. The number of ether oxygens (including phenoxy) is 3. The zero-order valence-corrected chi connectivity index (χ0v) is 38.7. The summed E-state index contributed by atoms with van der Waals surface area (Å²) < 4.78 is 83.8. The molecule has 0 radical (unpaired) electrons. The van der Waals surface area contributed by atoms with Crippen LogP contribution in [0.5, 0.6) is 11.5 Å². The lowest BCUT2D eigenvalue weighted by molar-refractivity contribution is 0.00994. The van der Waals surface area contributed by atoms with Gasteiger partial charge in [-0.15, -0.1) is 0 Å². The van der Waals surface area contributed by atoms with Gasteiger partial charge in [-0.05, 0) is 112 Å². The Morgan fingerprint density at radius 2 is 1.13 bits per heavy atom. The molecule has 0 saturated carbocycles. The van der Waals surface area contributed by atoms with E-state index in [-0.39, 0.29) is 12.7 Å². The summed E-state index contributed by atoms with van der Waals surface area (Å²) in [6, 6.07) is 18.6. The van der Waals surface area contributed by atoms with Crippen molar-refractivity contribution in [1.82, 2.24) is 29.4 Å². The zero-order valence-electron chi connectivity index (χ0n) is 37.1. The molecule has 0 spiro atoms. The van der Waals surface area contributed by atoms with Crippen LogP contribution in [0.1, 0.15) is 83.1 Å². The second-order valence-corrected chi connectivity index (χ2v) is 16.7. The molecule has 0 bridgehead atoms. The van der Waals surface area contributed by atoms with Gasteiger partial charge in [0.2, 0.25) is 0 Å². The van der Waals surface area contributed by atoms with Gasteiger partial charge < -0.3 is 37.5 Å². The monoisotopic (exact) mass is 982 g/mol. The Balaban J connectivity index is 0.000000156. The van der Waals surface area contributed by atoms with E-state index in [0.717, 1.165) is 113 Å². The lowest BCUT2D eigenvalue weighted by Gasteiger charge is -2.21. The van der Waals surface area contributed by atoms with E-state index in [1.807, 2.05) is 71.8 Å². The quantitative estimate of drug-likeness (QED) is 0.104. The van der Waals surface area contributed by atoms with Crippen LogP contribution in [0.4, 0.5) is 17.6 Å². The van der Waals surface area contributed by atoms with Crippen LogP contribution in [0.3, 0.4) is 0 Å². The molecule has 348 valence electrons. The third-order valence-corrected chi connectivity index (χ3v) is 12.0. The number of benzene rings is 4. The molecule has 0 saturated heterocycles. The smallest absolute Gasteiger partial charge is 0.169 e. The zero-order chi connectivity index (χ0) is 47.2. The fourth-order valence-electron chi connectivity index (χ4n) is 8.21. The molecule has 4 aromatic carbocycles. The number of halogens is 5. The van der Waals surface area contributed by atoms with Gasteiger partial charge in [-0.2, -0.15) is 0 Å². The Labute approximate surface area is 392 Å². The second kappa shape index (κ2) is 20.9. The Morgan fingerprint density at radius 3 is 1.61 bits per heavy atom. The van der Waals surface area contributed by atoms with Crippen LogP contribution in [0, 0.1) is 37.1 Å². The molecular weight excluding hydrogens is 936 g/mol. The maximum Gasteiger partial charge on any atom is 0.169 e. The number of imidazole rings is 2. The van der Waals surface area contributed by atoms with E-state index in [1.165, 1.54) is 24.3 Å². The summed E-state index contributed by atoms with van der Waals surface area (Å²) in [4.78, 5) is 8.54. The van der Waals surface area contributed by atoms with E-state index in [9.17, 15) is 22.7 Å². The minimum absolute atomic E-state index is 0.0850. The third kappa shape index (κ3) is 10.9. The Kier molecular flexibility index (Phi) is 14.7. The van der Waals surface area contributed by atoms with Gasteiger partial charge in [0.05, 0.1) is 56.2 Å². The number of hydrogen-bond donors (Lipinski definition) is 1. The van der Waals surface area contributed by atoms with Crippen molar-refractivity contribution in [1.29, 1.82) is 0 Å². The van der Waals surface area contributed by atoms with Crippen LogP contribution in [0.15, 0.2) is 107 Å². The summed E-state index contributed by atoms with van der Waals surface area (Å²) in [7, 11) is 3.28. The largest absolute Gasteiger partial charge is 0.495 e. The number of alkyl halides is 1. The highest BCUT2D eigenvalue weighted by atomic mass is 79.9. The molecule has 12 nitrogen and oxygen atoms in total. The molecule has 2 aliphatic carbocycles. The van der Waals surface area contributed by atoms with Crippen LogP contribution in [-0.4, -0.2) is 48.7 Å². The van der Waals surface area contributed by atoms with Gasteiger partial charge in [-0.1, -0.05) is 38.4 Å². The fourth-order valence-corrected chi connectivity index (χ4v) is 8.54. The number of aliphatic hydroxyl groups is 1. The number of rotatable bonds is 10. The van der Waals surface area contributed by atoms with Gasteiger partial charge in [0.1, 0.15) is 58.4 Å². The highest BCUT2D eigenvalue weighted by Crippen LogP contribution is 2.41. The highest BCUT2D eigenvalue weighted by Gasteiger charge is 2.30. The number of nitrogens with zero attached hydrogens (tertiary/aromatic N) is 6. The van der Waals surface area contributed by atoms with Crippen molar-refractivity contribution in [2.24, 2.45) is 0 Å². The first-order valence-corrected chi connectivity index (χ1v) is 22.6. The average Bonchev–Trinajstić information content (AvgIpc) is 4.15. The molecule has 4 heterocycles. The standard InChI is InChI=1S/C25H23F2N3O3.C18H19N3O3.C7H5BrF2/c1-15-12-30(14-28-15)21-7-6-17(10-23(21)31-2)24-20-4-3-5-22(25(20)33-29-24)32-13-16-8-18(26)11-19(27)9-16;1-11-9-21(10-19-11)14-7-6-12(8-16(14)23-2)17-13-4-3-5-15(22)18(13)24-20-17;8-4-5-1-6(9)3-7(10)2-5/h6-12,14,22H,3-5,13H2,1-2H3;6-10,15,22H,3-5H2,1-2H3;1-3H,4H2. The van der Waals surface area contributed by atoms with Crippen molar-refractivity contribution >= 4 is 15.9 Å². The highest BCUT2D eigenvalue weighted by molar-refractivity contribution is 9.08.